The molecule has 0 radical (unpaired) electrons. The molecule has 1 amide bonds. The van der Waals surface area contributed by atoms with E-state index in [1.807, 2.05) is 25.1 Å². The highest BCUT2D eigenvalue weighted by Gasteiger charge is 2.13. The van der Waals surface area contributed by atoms with E-state index in [2.05, 4.69) is 10.3 Å². The second-order valence-electron chi connectivity index (χ2n) is 5.44. The Morgan fingerprint density at radius 3 is 2.69 bits per heavy atom. The van der Waals surface area contributed by atoms with Crippen LogP contribution in [0.4, 0.5) is 5.69 Å². The first-order valence-electron chi connectivity index (χ1n) is 7.68. The zero-order valence-electron chi connectivity index (χ0n) is 14.3. The fraction of sp³-hybridized carbons (Fsp3) is 0.222. The van der Waals surface area contributed by atoms with Gasteiger partial charge in [-0.2, -0.15) is 5.26 Å². The van der Waals surface area contributed by atoms with Crippen LogP contribution in [0.5, 0.6) is 0 Å². The van der Waals surface area contributed by atoms with E-state index in [0.717, 1.165) is 17.3 Å². The lowest BCUT2D eigenvalue weighted by Crippen LogP contribution is -2.22. The maximum Gasteiger partial charge on any atom is 0.316 e. The van der Waals surface area contributed by atoms with Gasteiger partial charge in [-0.1, -0.05) is 30.0 Å². The van der Waals surface area contributed by atoms with Gasteiger partial charge >= 0.3 is 5.97 Å². The highest BCUT2D eigenvalue weighted by molar-refractivity contribution is 7.99. The number of H-pyrrole nitrogens is 1. The second-order valence-corrected chi connectivity index (χ2v) is 6.43. The fourth-order valence-corrected chi connectivity index (χ4v) is 2.99. The molecule has 7 nitrogen and oxygen atoms in total. The maximum atomic E-state index is 11.8. The summed E-state index contributed by atoms with van der Waals surface area (Å²) in [6.45, 7) is 3.09. The van der Waals surface area contributed by atoms with Crippen LogP contribution in [0.2, 0.25) is 0 Å². The standard InChI is InChI=1S/C18H17N3O4S/c1-11-5-3-4-6-14(11)20-16(23)9-25-17(24)10-26-18-13(8-19)12(2)7-15(22)21-18/h3-7H,9-10H2,1-2H3,(H,20,23)(H,21,22). The normalized spacial score (nSPS) is 10.0. The zero-order valence-corrected chi connectivity index (χ0v) is 15.1. The van der Waals surface area contributed by atoms with Crippen LogP contribution in [0.3, 0.4) is 0 Å². The summed E-state index contributed by atoms with van der Waals surface area (Å²) in [4.78, 5) is 37.7. The van der Waals surface area contributed by atoms with E-state index >= 15 is 0 Å². The molecule has 8 heteroatoms. The van der Waals surface area contributed by atoms with E-state index in [0.29, 0.717) is 21.8 Å². The van der Waals surface area contributed by atoms with Gasteiger partial charge in [-0.15, -0.1) is 0 Å². The highest BCUT2D eigenvalue weighted by atomic mass is 32.2. The molecule has 1 aromatic heterocycles. The van der Waals surface area contributed by atoms with Crippen LogP contribution in [0.15, 0.2) is 40.2 Å². The number of nitrogens with zero attached hydrogens (tertiary/aromatic N) is 1. The van der Waals surface area contributed by atoms with Crippen molar-refractivity contribution in [2.45, 2.75) is 18.9 Å². The van der Waals surface area contributed by atoms with E-state index in [4.69, 9.17) is 10.00 Å². The Hall–Kier alpha value is -3.05. The van der Waals surface area contributed by atoms with Crippen molar-refractivity contribution in [2.75, 3.05) is 17.7 Å². The number of esters is 1. The molecule has 0 spiro atoms. The summed E-state index contributed by atoms with van der Waals surface area (Å²) in [5.74, 6) is -1.20. The number of hydrogen-bond acceptors (Lipinski definition) is 6. The number of aromatic amines is 1. The Labute approximate surface area is 154 Å². The molecular weight excluding hydrogens is 354 g/mol. The number of carbonyl (C=O) groups is 2. The molecule has 0 aliphatic carbocycles. The number of nitrogens with one attached hydrogen (secondary N) is 2. The molecular formula is C18H17N3O4S. The second kappa shape index (κ2) is 8.87. The minimum atomic E-state index is -0.624. The summed E-state index contributed by atoms with van der Waals surface area (Å²) < 4.78 is 4.92. The van der Waals surface area contributed by atoms with Gasteiger partial charge in [-0.05, 0) is 31.0 Å². The van der Waals surface area contributed by atoms with Crippen molar-refractivity contribution in [1.29, 1.82) is 5.26 Å². The summed E-state index contributed by atoms with van der Waals surface area (Å²) in [6, 6.07) is 10.6. The van der Waals surface area contributed by atoms with E-state index in [1.54, 1.807) is 19.1 Å². The number of rotatable bonds is 6. The van der Waals surface area contributed by atoms with Crippen molar-refractivity contribution in [1.82, 2.24) is 4.98 Å². The number of para-hydroxylation sites is 1. The van der Waals surface area contributed by atoms with Crippen LogP contribution in [0.25, 0.3) is 0 Å². The number of hydrogen-bond donors (Lipinski definition) is 2. The van der Waals surface area contributed by atoms with Gasteiger partial charge < -0.3 is 15.0 Å². The number of anilines is 1. The molecule has 0 bridgehead atoms. The van der Waals surface area contributed by atoms with E-state index < -0.39 is 18.5 Å². The van der Waals surface area contributed by atoms with Crippen molar-refractivity contribution >= 4 is 29.3 Å². The van der Waals surface area contributed by atoms with Crippen LogP contribution in [0, 0.1) is 25.2 Å². The summed E-state index contributed by atoms with van der Waals surface area (Å²) in [6.07, 6.45) is 0. The number of amides is 1. The molecule has 26 heavy (non-hydrogen) atoms. The van der Waals surface area contributed by atoms with Gasteiger partial charge in [0.2, 0.25) is 5.56 Å². The van der Waals surface area contributed by atoms with E-state index in [1.165, 1.54) is 6.07 Å². The van der Waals surface area contributed by atoms with Crippen LogP contribution in [0.1, 0.15) is 16.7 Å². The minimum Gasteiger partial charge on any atom is -0.455 e. The number of ether oxygens (including phenoxy) is 1. The Balaban J connectivity index is 1.86. The van der Waals surface area contributed by atoms with Crippen LogP contribution >= 0.6 is 11.8 Å². The molecule has 2 aromatic rings. The average molecular weight is 371 g/mol. The maximum absolute atomic E-state index is 11.8. The van der Waals surface area contributed by atoms with E-state index in [9.17, 15) is 14.4 Å². The van der Waals surface area contributed by atoms with Gasteiger partial charge in [0.25, 0.3) is 5.91 Å². The molecule has 134 valence electrons. The highest BCUT2D eigenvalue weighted by Crippen LogP contribution is 2.21. The van der Waals surface area contributed by atoms with Gasteiger partial charge in [-0.3, -0.25) is 14.4 Å². The van der Waals surface area contributed by atoms with Gasteiger partial charge in [-0.25, -0.2) is 0 Å². The number of pyridine rings is 1. The van der Waals surface area contributed by atoms with Crippen LogP contribution in [-0.2, 0) is 14.3 Å². The molecule has 0 fully saturated rings. The SMILES string of the molecule is Cc1ccccc1NC(=O)COC(=O)CSc1[nH]c(=O)cc(C)c1C#N. The lowest BCUT2D eigenvalue weighted by molar-refractivity contribution is -0.144. The summed E-state index contributed by atoms with van der Waals surface area (Å²) >= 11 is 0.982. The van der Waals surface area contributed by atoms with Crippen molar-refractivity contribution in [3.8, 4) is 6.07 Å². The average Bonchev–Trinajstić information content (AvgIpc) is 2.59. The molecule has 2 rings (SSSR count). The molecule has 0 saturated heterocycles. The number of benzene rings is 1. The molecule has 2 N–H and O–H groups in total. The monoisotopic (exact) mass is 371 g/mol. The van der Waals surface area contributed by atoms with Gasteiger partial charge in [0.1, 0.15) is 6.07 Å². The van der Waals surface area contributed by atoms with E-state index in [-0.39, 0.29) is 11.3 Å². The quantitative estimate of drug-likeness (QED) is 0.594. The third kappa shape index (κ3) is 5.22. The predicted octanol–water partition coefficient (Wildman–Crippen LogP) is 2.14. The van der Waals surface area contributed by atoms with Gasteiger partial charge in [0.05, 0.1) is 16.3 Å². The number of carbonyl (C=O) groups excluding carboxylic acids is 2. The van der Waals surface area contributed by atoms with Gasteiger partial charge in [0, 0.05) is 11.8 Å². The Morgan fingerprint density at radius 2 is 2.00 bits per heavy atom. The molecule has 0 atom stereocenters. The smallest absolute Gasteiger partial charge is 0.316 e. The molecule has 1 heterocycles. The fourth-order valence-electron chi connectivity index (χ4n) is 2.12. The number of aromatic nitrogens is 1. The Morgan fingerprint density at radius 1 is 1.27 bits per heavy atom. The Bertz CT molecular complexity index is 931. The number of thioether (sulfide) groups is 1. The lowest BCUT2D eigenvalue weighted by Gasteiger charge is -2.09. The zero-order chi connectivity index (χ0) is 19.1. The summed E-state index contributed by atoms with van der Waals surface area (Å²) in [5.41, 5.74) is 2.04. The first-order chi connectivity index (χ1) is 12.4. The molecule has 0 saturated carbocycles. The topological polar surface area (TPSA) is 112 Å². The first-order valence-corrected chi connectivity index (χ1v) is 8.67. The van der Waals surface area contributed by atoms with Crippen LogP contribution in [-0.4, -0.2) is 29.2 Å². The molecule has 0 unspecified atom stereocenters. The minimum absolute atomic E-state index is 0.133. The first kappa shape index (κ1) is 19.3. The van der Waals surface area contributed by atoms with Crippen LogP contribution < -0.4 is 10.9 Å². The summed E-state index contributed by atoms with van der Waals surface area (Å²) in [7, 11) is 0. The van der Waals surface area contributed by atoms with Gasteiger partial charge in [0.15, 0.2) is 6.61 Å². The number of aryl methyl sites for hydroxylation is 2. The summed E-state index contributed by atoms with van der Waals surface area (Å²) in [5, 5.41) is 12.1. The third-order valence-corrected chi connectivity index (χ3v) is 4.41. The van der Waals surface area contributed by atoms with Crippen molar-refractivity contribution < 1.29 is 14.3 Å². The molecule has 1 aromatic carbocycles. The Kier molecular flexibility index (Phi) is 6.58. The molecule has 0 aliphatic rings. The predicted molar refractivity (Wildman–Crippen MR) is 98.0 cm³/mol. The largest absolute Gasteiger partial charge is 0.455 e. The lowest BCUT2D eigenvalue weighted by atomic mass is 10.2. The van der Waals surface area contributed by atoms with Crippen molar-refractivity contribution in [3.63, 3.8) is 0 Å². The third-order valence-electron chi connectivity index (χ3n) is 3.44. The van der Waals surface area contributed by atoms with Crippen molar-refractivity contribution in [3.05, 3.63) is 57.4 Å². The number of nitriles is 1. The van der Waals surface area contributed by atoms with Crippen molar-refractivity contribution in [2.24, 2.45) is 0 Å². The molecule has 0 aliphatic heterocycles.